The van der Waals surface area contributed by atoms with E-state index in [1.54, 1.807) is 31.4 Å². The van der Waals surface area contributed by atoms with Crippen molar-refractivity contribution < 1.29 is 14.1 Å². The lowest BCUT2D eigenvalue weighted by Gasteiger charge is -2.18. The van der Waals surface area contributed by atoms with Crippen molar-refractivity contribution in [3.05, 3.63) is 65.5 Å². The number of ether oxygens (including phenoxy) is 1. The highest BCUT2D eigenvalue weighted by Crippen LogP contribution is 2.24. The minimum atomic E-state index is -0.383. The van der Waals surface area contributed by atoms with E-state index in [2.05, 4.69) is 15.5 Å². The molecular weight excluding hydrogens is 342 g/mol. The number of rotatable bonds is 6. The van der Waals surface area contributed by atoms with Gasteiger partial charge < -0.3 is 14.6 Å². The summed E-state index contributed by atoms with van der Waals surface area (Å²) in [6.07, 6.45) is 0. The van der Waals surface area contributed by atoms with E-state index in [-0.39, 0.29) is 17.9 Å². The first-order valence-electron chi connectivity index (χ1n) is 8.83. The number of hydrogen-bond acceptors (Lipinski definition) is 5. The smallest absolute Gasteiger partial charge is 0.251 e. The minimum Gasteiger partial charge on any atom is -0.497 e. The molecule has 0 aliphatic carbocycles. The molecule has 1 N–H and O–H groups in total. The van der Waals surface area contributed by atoms with Crippen molar-refractivity contribution in [3.8, 4) is 17.1 Å². The summed E-state index contributed by atoms with van der Waals surface area (Å²) in [6.45, 7) is 6.01. The third kappa shape index (κ3) is 4.34. The average molecular weight is 365 g/mol. The molecule has 3 rings (SSSR count). The van der Waals surface area contributed by atoms with Crippen molar-refractivity contribution in [2.45, 2.75) is 26.8 Å². The van der Waals surface area contributed by atoms with Crippen molar-refractivity contribution >= 4 is 5.91 Å². The van der Waals surface area contributed by atoms with Crippen LogP contribution in [0, 0.1) is 12.8 Å². The third-order valence-corrected chi connectivity index (χ3v) is 4.32. The molecule has 1 aromatic heterocycles. The summed E-state index contributed by atoms with van der Waals surface area (Å²) in [7, 11) is 1.59. The van der Waals surface area contributed by atoms with Gasteiger partial charge in [0.2, 0.25) is 11.7 Å². The zero-order valence-electron chi connectivity index (χ0n) is 15.9. The van der Waals surface area contributed by atoms with Crippen LogP contribution in [0.2, 0.25) is 0 Å². The number of benzene rings is 2. The van der Waals surface area contributed by atoms with Crippen LogP contribution in [0.15, 0.2) is 53.1 Å². The van der Waals surface area contributed by atoms with E-state index in [1.807, 2.05) is 45.0 Å². The fourth-order valence-electron chi connectivity index (χ4n) is 2.66. The molecule has 140 valence electrons. The average Bonchev–Trinajstić information content (AvgIpc) is 3.16. The zero-order chi connectivity index (χ0) is 19.4. The van der Waals surface area contributed by atoms with Gasteiger partial charge in [-0.2, -0.15) is 4.98 Å². The molecule has 0 spiro atoms. The van der Waals surface area contributed by atoms with Gasteiger partial charge in [0, 0.05) is 11.1 Å². The molecule has 2 aromatic carbocycles. The van der Waals surface area contributed by atoms with Gasteiger partial charge in [0.25, 0.3) is 5.91 Å². The van der Waals surface area contributed by atoms with Crippen molar-refractivity contribution in [2.24, 2.45) is 5.92 Å². The summed E-state index contributed by atoms with van der Waals surface area (Å²) in [5.41, 5.74) is 2.58. The molecular formula is C21H23N3O3. The molecule has 6 nitrogen and oxygen atoms in total. The topological polar surface area (TPSA) is 77.2 Å². The SMILES string of the molecule is COc1ccc(C(=O)N[C@H](c2nc(-c3ccc(C)cc3)no2)C(C)C)cc1. The van der Waals surface area contributed by atoms with Gasteiger partial charge >= 0.3 is 0 Å². The second-order valence-electron chi connectivity index (χ2n) is 6.75. The summed E-state index contributed by atoms with van der Waals surface area (Å²) in [4.78, 5) is 17.1. The molecule has 0 radical (unpaired) electrons. The molecule has 1 amide bonds. The van der Waals surface area contributed by atoms with E-state index in [1.165, 1.54) is 0 Å². The predicted molar refractivity (Wildman–Crippen MR) is 103 cm³/mol. The van der Waals surface area contributed by atoms with Crippen molar-refractivity contribution in [1.82, 2.24) is 15.5 Å². The molecule has 3 aromatic rings. The number of methoxy groups -OCH3 is 1. The van der Waals surface area contributed by atoms with Crippen molar-refractivity contribution in [2.75, 3.05) is 7.11 Å². The van der Waals surface area contributed by atoms with Crippen LogP contribution in [0.5, 0.6) is 5.75 Å². The van der Waals surface area contributed by atoms with Gasteiger partial charge in [-0.1, -0.05) is 48.8 Å². The van der Waals surface area contributed by atoms with Crippen LogP contribution in [0.1, 0.15) is 41.7 Å². The number of nitrogens with one attached hydrogen (secondary N) is 1. The van der Waals surface area contributed by atoms with Gasteiger partial charge in [-0.15, -0.1) is 0 Å². The summed E-state index contributed by atoms with van der Waals surface area (Å²) < 4.78 is 10.6. The van der Waals surface area contributed by atoms with E-state index >= 15 is 0 Å². The largest absolute Gasteiger partial charge is 0.497 e. The maximum atomic E-state index is 12.6. The van der Waals surface area contributed by atoms with E-state index < -0.39 is 0 Å². The molecule has 1 heterocycles. The van der Waals surface area contributed by atoms with Gasteiger partial charge in [0.15, 0.2) is 0 Å². The summed E-state index contributed by atoms with van der Waals surface area (Å²) in [5, 5.41) is 7.05. The number of aromatic nitrogens is 2. The standard InChI is InChI=1S/C21H23N3O3/c1-13(2)18(22-20(25)16-9-11-17(26-4)12-10-16)21-23-19(24-27-21)15-7-5-14(3)6-8-15/h5-13,18H,1-4H3,(H,22,25)/t18-/m0/s1. The first-order valence-corrected chi connectivity index (χ1v) is 8.83. The minimum absolute atomic E-state index is 0.0820. The monoisotopic (exact) mass is 365 g/mol. The Labute approximate surface area is 158 Å². The Hall–Kier alpha value is -3.15. The number of nitrogens with zero attached hydrogens (tertiary/aromatic N) is 2. The van der Waals surface area contributed by atoms with Crippen LogP contribution < -0.4 is 10.1 Å². The Balaban J connectivity index is 1.79. The fourth-order valence-corrected chi connectivity index (χ4v) is 2.66. The normalized spacial score (nSPS) is 12.0. The van der Waals surface area contributed by atoms with Crippen LogP contribution in [0.3, 0.4) is 0 Å². The third-order valence-electron chi connectivity index (χ3n) is 4.32. The second-order valence-corrected chi connectivity index (χ2v) is 6.75. The maximum Gasteiger partial charge on any atom is 0.251 e. The van der Waals surface area contributed by atoms with E-state index in [4.69, 9.17) is 9.26 Å². The number of aryl methyl sites for hydroxylation is 1. The number of carbonyl (C=O) groups excluding carboxylic acids is 1. The van der Waals surface area contributed by atoms with Gasteiger partial charge in [0.05, 0.1) is 7.11 Å². The summed E-state index contributed by atoms with van der Waals surface area (Å²) >= 11 is 0. The van der Waals surface area contributed by atoms with Crippen LogP contribution in [0.25, 0.3) is 11.4 Å². The molecule has 6 heteroatoms. The molecule has 1 atom stereocenters. The lowest BCUT2D eigenvalue weighted by Crippen LogP contribution is -2.32. The zero-order valence-corrected chi connectivity index (χ0v) is 15.9. The Kier molecular flexibility index (Phi) is 5.54. The van der Waals surface area contributed by atoms with Crippen LogP contribution in [0.4, 0.5) is 0 Å². The molecule has 0 aliphatic heterocycles. The van der Waals surface area contributed by atoms with Crippen LogP contribution in [-0.2, 0) is 0 Å². The van der Waals surface area contributed by atoms with Gasteiger partial charge in [0.1, 0.15) is 11.8 Å². The molecule has 0 saturated carbocycles. The Morgan fingerprint density at radius 2 is 1.74 bits per heavy atom. The Bertz CT molecular complexity index is 899. The highest BCUT2D eigenvalue weighted by atomic mass is 16.5. The Morgan fingerprint density at radius 1 is 1.07 bits per heavy atom. The maximum absolute atomic E-state index is 12.6. The Morgan fingerprint density at radius 3 is 2.33 bits per heavy atom. The molecule has 0 fully saturated rings. The summed E-state index contributed by atoms with van der Waals surface area (Å²) in [5.74, 6) is 1.48. The van der Waals surface area contributed by atoms with E-state index in [0.29, 0.717) is 23.0 Å². The van der Waals surface area contributed by atoms with Crippen LogP contribution >= 0.6 is 0 Å². The number of amides is 1. The molecule has 27 heavy (non-hydrogen) atoms. The predicted octanol–water partition coefficient (Wildman–Crippen LogP) is 4.18. The lowest BCUT2D eigenvalue weighted by molar-refractivity contribution is 0.0914. The highest BCUT2D eigenvalue weighted by Gasteiger charge is 2.25. The molecule has 0 unspecified atom stereocenters. The van der Waals surface area contributed by atoms with Crippen molar-refractivity contribution in [1.29, 1.82) is 0 Å². The highest BCUT2D eigenvalue weighted by molar-refractivity contribution is 5.94. The number of hydrogen-bond donors (Lipinski definition) is 1. The van der Waals surface area contributed by atoms with Crippen LogP contribution in [-0.4, -0.2) is 23.2 Å². The van der Waals surface area contributed by atoms with Gasteiger partial charge in [-0.25, -0.2) is 0 Å². The first-order chi connectivity index (χ1) is 13.0. The van der Waals surface area contributed by atoms with Gasteiger partial charge in [-0.05, 0) is 37.1 Å². The summed E-state index contributed by atoms with van der Waals surface area (Å²) in [6, 6.07) is 14.4. The molecule has 0 saturated heterocycles. The van der Waals surface area contributed by atoms with Gasteiger partial charge in [-0.3, -0.25) is 4.79 Å². The molecule has 0 bridgehead atoms. The van der Waals surface area contributed by atoms with E-state index in [9.17, 15) is 4.79 Å². The second kappa shape index (κ2) is 8.03. The quantitative estimate of drug-likeness (QED) is 0.709. The number of carbonyl (C=O) groups is 1. The fraction of sp³-hybridized carbons (Fsp3) is 0.286. The van der Waals surface area contributed by atoms with Crippen molar-refractivity contribution in [3.63, 3.8) is 0 Å². The lowest BCUT2D eigenvalue weighted by atomic mass is 10.0. The first kappa shape index (κ1) is 18.6. The van der Waals surface area contributed by atoms with E-state index in [0.717, 1.165) is 11.1 Å². The molecule has 0 aliphatic rings.